The zero-order valence-corrected chi connectivity index (χ0v) is 15.8. The summed E-state index contributed by atoms with van der Waals surface area (Å²) in [6, 6.07) is 16.8. The molecule has 3 aromatic heterocycles. The first-order valence-electron chi connectivity index (χ1n) is 9.12. The molecular weight excluding hydrogens is 364 g/mol. The Labute approximate surface area is 167 Å². The first-order chi connectivity index (χ1) is 14.2. The number of rotatable bonds is 5. The number of carbonyl (C=O) groups is 1. The van der Waals surface area contributed by atoms with Gasteiger partial charge in [-0.25, -0.2) is 15.4 Å². The molecule has 0 bridgehead atoms. The quantitative estimate of drug-likeness (QED) is 0.416. The molecule has 29 heavy (non-hydrogen) atoms. The molecule has 0 unspecified atom stereocenters. The highest BCUT2D eigenvalue weighted by Gasteiger charge is 2.13. The van der Waals surface area contributed by atoms with E-state index in [1.54, 1.807) is 18.5 Å². The van der Waals surface area contributed by atoms with E-state index in [-0.39, 0.29) is 5.91 Å². The topological polar surface area (TPSA) is 81.6 Å². The molecule has 0 aliphatic rings. The first kappa shape index (κ1) is 18.3. The molecule has 142 valence electrons. The van der Waals surface area contributed by atoms with Gasteiger partial charge < -0.3 is 4.42 Å². The van der Waals surface area contributed by atoms with Crippen molar-refractivity contribution in [1.82, 2.24) is 10.4 Å². The van der Waals surface area contributed by atoms with E-state index in [9.17, 15) is 4.79 Å². The highest BCUT2D eigenvalue weighted by molar-refractivity contribution is 6.07. The van der Waals surface area contributed by atoms with E-state index in [1.807, 2.05) is 73.9 Å². The highest BCUT2D eigenvalue weighted by atomic mass is 16.3. The highest BCUT2D eigenvalue weighted by Crippen LogP contribution is 2.24. The molecule has 6 nitrogen and oxygen atoms in total. The Morgan fingerprint density at radius 3 is 2.76 bits per heavy atom. The maximum Gasteiger partial charge on any atom is 0.272 e. The number of hydrogen-bond donors (Lipinski definition) is 1. The molecule has 2 N–H and O–H groups in total. The van der Waals surface area contributed by atoms with Crippen molar-refractivity contribution in [2.24, 2.45) is 5.10 Å². The smallest absolute Gasteiger partial charge is 0.272 e. The summed E-state index contributed by atoms with van der Waals surface area (Å²) in [6.45, 7) is 1.88. The van der Waals surface area contributed by atoms with Gasteiger partial charge in [-0.15, -0.1) is 0 Å². The Bertz CT molecular complexity index is 1200. The van der Waals surface area contributed by atoms with Crippen LogP contribution >= 0.6 is 0 Å². The van der Waals surface area contributed by atoms with E-state index in [1.165, 1.54) is 0 Å². The molecule has 0 aliphatic carbocycles. The van der Waals surface area contributed by atoms with Crippen molar-refractivity contribution in [1.29, 1.82) is 0 Å². The van der Waals surface area contributed by atoms with Crippen LogP contribution in [0.4, 0.5) is 0 Å². The third kappa shape index (κ3) is 4.27. The van der Waals surface area contributed by atoms with E-state index in [0.29, 0.717) is 5.56 Å². The molecule has 4 aromatic rings. The number of pyridine rings is 2. The number of para-hydroxylation sites is 1. The summed E-state index contributed by atoms with van der Waals surface area (Å²) in [6.07, 6.45) is 8.67. The third-order valence-corrected chi connectivity index (χ3v) is 4.32. The standard InChI is InChI=1S/C23H18N4O2/c1-16(13-18-5-4-12-29-18)15-25-27-23(28)20-14-22(17-8-10-24-11-9-17)26-21-7-3-2-6-19(20)21/h2-15H,1H3,(H,27,28)/p+1. The fourth-order valence-electron chi connectivity index (χ4n) is 2.96. The van der Waals surface area contributed by atoms with Crippen LogP contribution < -0.4 is 10.4 Å². The molecular formula is C23H19N4O2+. The minimum Gasteiger partial charge on any atom is -0.465 e. The van der Waals surface area contributed by atoms with Crippen LogP contribution in [0.1, 0.15) is 23.0 Å². The van der Waals surface area contributed by atoms with Gasteiger partial charge in [-0.05, 0) is 42.8 Å². The number of benzene rings is 1. The Balaban J connectivity index is 1.62. The average Bonchev–Trinajstić information content (AvgIpc) is 3.26. The number of hydrogen-bond acceptors (Lipinski definition) is 4. The molecule has 4 rings (SSSR count). The molecule has 1 aromatic carbocycles. The summed E-state index contributed by atoms with van der Waals surface area (Å²) in [5.41, 5.74) is 6.36. The molecule has 0 radical (unpaired) electrons. The number of hydrazone groups is 1. The fraction of sp³-hybridized carbons (Fsp3) is 0.0435. The van der Waals surface area contributed by atoms with E-state index in [4.69, 9.17) is 4.42 Å². The average molecular weight is 383 g/mol. The molecule has 0 fully saturated rings. The Hall–Kier alpha value is -4.06. The van der Waals surface area contributed by atoms with Crippen molar-refractivity contribution in [3.63, 3.8) is 0 Å². The summed E-state index contributed by atoms with van der Waals surface area (Å²) in [7, 11) is 0. The van der Waals surface area contributed by atoms with Crippen molar-refractivity contribution in [2.45, 2.75) is 6.92 Å². The number of aromatic nitrogens is 2. The predicted molar refractivity (Wildman–Crippen MR) is 112 cm³/mol. The van der Waals surface area contributed by atoms with E-state index >= 15 is 0 Å². The van der Waals surface area contributed by atoms with Gasteiger partial charge in [-0.1, -0.05) is 18.2 Å². The molecule has 0 spiro atoms. The largest absolute Gasteiger partial charge is 0.465 e. The molecule has 0 atom stereocenters. The van der Waals surface area contributed by atoms with Crippen LogP contribution in [0.5, 0.6) is 0 Å². The summed E-state index contributed by atoms with van der Waals surface area (Å²) in [5.74, 6) is 0.430. The van der Waals surface area contributed by atoms with Crippen molar-refractivity contribution in [3.05, 3.63) is 90.2 Å². The van der Waals surface area contributed by atoms with E-state index in [0.717, 1.165) is 33.5 Å². The van der Waals surface area contributed by atoms with Crippen LogP contribution in [0, 0.1) is 0 Å². The Kier molecular flexibility index (Phi) is 5.25. The molecule has 1 amide bonds. The molecule has 0 saturated carbocycles. The zero-order chi connectivity index (χ0) is 20.1. The lowest BCUT2D eigenvalue weighted by atomic mass is 10.0. The van der Waals surface area contributed by atoms with Crippen molar-refractivity contribution in [3.8, 4) is 11.3 Å². The van der Waals surface area contributed by atoms with Gasteiger partial charge in [0.1, 0.15) is 5.76 Å². The normalized spacial score (nSPS) is 11.8. The minimum absolute atomic E-state index is 0.297. The zero-order valence-electron chi connectivity index (χ0n) is 15.8. The van der Waals surface area contributed by atoms with Crippen molar-refractivity contribution >= 4 is 29.1 Å². The number of aromatic amines is 1. The number of fused-ring (bicyclic) bond motifs is 1. The second-order valence-electron chi connectivity index (χ2n) is 6.46. The van der Waals surface area contributed by atoms with E-state index < -0.39 is 0 Å². The van der Waals surface area contributed by atoms with Crippen LogP contribution in [0.25, 0.3) is 28.2 Å². The fourth-order valence-corrected chi connectivity index (χ4v) is 2.96. The number of H-pyrrole nitrogens is 1. The number of furan rings is 1. The molecule has 6 heteroatoms. The number of nitrogens with one attached hydrogen (secondary N) is 2. The lowest BCUT2D eigenvalue weighted by Gasteiger charge is -2.08. The van der Waals surface area contributed by atoms with Crippen LogP contribution in [0.15, 0.2) is 88.3 Å². The maximum atomic E-state index is 12.8. The first-order valence-corrected chi connectivity index (χ1v) is 9.12. The van der Waals surface area contributed by atoms with Crippen LogP contribution in [-0.4, -0.2) is 17.1 Å². The van der Waals surface area contributed by atoms with Gasteiger partial charge in [0.2, 0.25) is 0 Å². The van der Waals surface area contributed by atoms with Crippen molar-refractivity contribution < 1.29 is 14.2 Å². The minimum atomic E-state index is -0.297. The SMILES string of the molecule is CC(C=NNC(=O)c1cc(-c2cc[nH+]cc2)nc2ccccc12)=Cc1ccco1. The predicted octanol–water partition coefficient (Wildman–Crippen LogP) is 4.13. The molecule has 0 aliphatic heterocycles. The lowest BCUT2D eigenvalue weighted by molar-refractivity contribution is -0.377. The van der Waals surface area contributed by atoms with Gasteiger partial charge in [0.15, 0.2) is 12.4 Å². The molecule has 0 saturated heterocycles. The van der Waals surface area contributed by atoms with Gasteiger partial charge in [-0.3, -0.25) is 4.79 Å². The van der Waals surface area contributed by atoms with Gasteiger partial charge in [0.05, 0.1) is 29.3 Å². The van der Waals surface area contributed by atoms with Crippen molar-refractivity contribution in [2.75, 3.05) is 0 Å². The lowest BCUT2D eigenvalue weighted by Crippen LogP contribution is -2.18. The van der Waals surface area contributed by atoms with Gasteiger partial charge in [0.25, 0.3) is 5.91 Å². The molecule has 3 heterocycles. The second-order valence-corrected chi connectivity index (χ2v) is 6.46. The number of allylic oxidation sites excluding steroid dienone is 1. The summed E-state index contributed by atoms with van der Waals surface area (Å²) < 4.78 is 5.27. The summed E-state index contributed by atoms with van der Waals surface area (Å²) in [4.78, 5) is 20.5. The number of amides is 1. The maximum absolute atomic E-state index is 12.8. The van der Waals surface area contributed by atoms with Gasteiger partial charge >= 0.3 is 0 Å². The summed E-state index contributed by atoms with van der Waals surface area (Å²) in [5, 5.41) is 4.85. The number of carbonyl (C=O) groups excluding carboxylic acids is 1. The van der Waals surface area contributed by atoms with Gasteiger partial charge in [-0.2, -0.15) is 5.10 Å². The number of nitrogens with zero attached hydrogens (tertiary/aromatic N) is 2. The van der Waals surface area contributed by atoms with Gasteiger partial charge in [0, 0.05) is 23.1 Å². The third-order valence-electron chi connectivity index (χ3n) is 4.32. The monoisotopic (exact) mass is 383 g/mol. The summed E-state index contributed by atoms with van der Waals surface area (Å²) >= 11 is 0. The Morgan fingerprint density at radius 1 is 1.14 bits per heavy atom. The van der Waals surface area contributed by atoms with Crippen LogP contribution in [0.3, 0.4) is 0 Å². The van der Waals surface area contributed by atoms with Crippen LogP contribution in [-0.2, 0) is 0 Å². The van der Waals surface area contributed by atoms with E-state index in [2.05, 4.69) is 20.5 Å². The Morgan fingerprint density at radius 2 is 1.97 bits per heavy atom. The van der Waals surface area contributed by atoms with Crippen LogP contribution in [0.2, 0.25) is 0 Å². The second kappa shape index (κ2) is 8.31.